The van der Waals surface area contributed by atoms with Gasteiger partial charge in [-0.15, -0.1) is 0 Å². The van der Waals surface area contributed by atoms with Crippen LogP contribution in [0.15, 0.2) is 59.2 Å². The third kappa shape index (κ3) is 2.95. The zero-order chi connectivity index (χ0) is 15.5. The zero-order valence-electron chi connectivity index (χ0n) is 12.5. The van der Waals surface area contributed by atoms with Crippen LogP contribution in [0.2, 0.25) is 0 Å². The molecule has 3 aromatic rings. The highest BCUT2D eigenvalue weighted by Crippen LogP contribution is 2.24. The normalized spacial score (nSPS) is 12.5. The molecule has 0 aliphatic heterocycles. The highest BCUT2D eigenvalue weighted by Gasteiger charge is 2.14. The Bertz CT molecular complexity index is 801. The molecule has 0 spiro atoms. The molecule has 0 saturated carbocycles. The summed E-state index contributed by atoms with van der Waals surface area (Å²) in [7, 11) is 0. The first-order valence-corrected chi connectivity index (χ1v) is 7.39. The molecule has 112 valence electrons. The van der Waals surface area contributed by atoms with Crippen LogP contribution in [0.3, 0.4) is 0 Å². The third-order valence-electron chi connectivity index (χ3n) is 3.95. The average Bonchev–Trinajstić information content (AvgIpc) is 3.00. The van der Waals surface area contributed by atoms with Crippen molar-refractivity contribution in [2.75, 3.05) is 0 Å². The number of aliphatic hydroxyl groups is 1. The van der Waals surface area contributed by atoms with Crippen molar-refractivity contribution in [1.29, 1.82) is 0 Å². The molecule has 3 heteroatoms. The molecule has 0 bridgehead atoms. The molecule has 1 unspecified atom stereocenters. The van der Waals surface area contributed by atoms with Crippen LogP contribution in [0, 0.1) is 6.92 Å². The quantitative estimate of drug-likeness (QED) is 0.708. The monoisotopic (exact) mass is 294 g/mol. The summed E-state index contributed by atoms with van der Waals surface area (Å²) in [5.41, 5.74) is 3.32. The summed E-state index contributed by atoms with van der Waals surface area (Å²) >= 11 is 0. The smallest absolute Gasteiger partial charge is 0.163 e. The molecule has 0 radical (unpaired) electrons. The maximum absolute atomic E-state index is 12.2. The number of aryl methyl sites for hydroxylation is 1. The topological polar surface area (TPSA) is 50.4 Å². The number of furan rings is 1. The Balaban J connectivity index is 1.68. The fourth-order valence-corrected chi connectivity index (χ4v) is 2.65. The maximum atomic E-state index is 12.2. The van der Waals surface area contributed by atoms with Gasteiger partial charge in [0.15, 0.2) is 5.78 Å². The van der Waals surface area contributed by atoms with Crippen molar-refractivity contribution in [3.05, 3.63) is 71.5 Å². The van der Waals surface area contributed by atoms with Crippen molar-refractivity contribution in [2.45, 2.75) is 25.9 Å². The van der Waals surface area contributed by atoms with Gasteiger partial charge in [0.2, 0.25) is 0 Å². The highest BCUT2D eigenvalue weighted by atomic mass is 16.3. The Kier molecular flexibility index (Phi) is 4.07. The number of carbonyl (C=O) groups excluding carboxylic acids is 1. The van der Waals surface area contributed by atoms with Gasteiger partial charge in [0.05, 0.1) is 12.4 Å². The molecule has 22 heavy (non-hydrogen) atoms. The van der Waals surface area contributed by atoms with Crippen LogP contribution in [0.25, 0.3) is 11.0 Å². The molecule has 0 amide bonds. The van der Waals surface area contributed by atoms with E-state index in [9.17, 15) is 9.90 Å². The number of ketones is 1. The van der Waals surface area contributed by atoms with Gasteiger partial charge in [-0.05, 0) is 42.7 Å². The van der Waals surface area contributed by atoms with E-state index in [1.807, 2.05) is 55.5 Å². The van der Waals surface area contributed by atoms with E-state index in [0.717, 1.165) is 27.7 Å². The summed E-state index contributed by atoms with van der Waals surface area (Å²) in [6.45, 7) is 1.93. The number of benzene rings is 2. The van der Waals surface area contributed by atoms with Crippen LogP contribution in [-0.4, -0.2) is 10.9 Å². The van der Waals surface area contributed by atoms with Crippen molar-refractivity contribution in [3.8, 4) is 0 Å². The Morgan fingerprint density at radius 2 is 2.00 bits per heavy atom. The summed E-state index contributed by atoms with van der Waals surface area (Å²) in [5.74, 6) is 0.0709. The Morgan fingerprint density at radius 3 is 2.82 bits per heavy atom. The first-order valence-electron chi connectivity index (χ1n) is 7.39. The zero-order valence-corrected chi connectivity index (χ0v) is 12.5. The van der Waals surface area contributed by atoms with Crippen molar-refractivity contribution < 1.29 is 14.3 Å². The predicted molar refractivity (Wildman–Crippen MR) is 85.9 cm³/mol. The summed E-state index contributed by atoms with van der Waals surface area (Å²) in [6, 6.07) is 15.0. The van der Waals surface area contributed by atoms with E-state index in [1.165, 1.54) is 0 Å². The van der Waals surface area contributed by atoms with Gasteiger partial charge in [-0.25, -0.2) is 0 Å². The molecule has 3 nitrogen and oxygen atoms in total. The number of fused-ring (bicyclic) bond motifs is 1. The number of hydrogen-bond donors (Lipinski definition) is 1. The number of carbonyl (C=O) groups is 1. The van der Waals surface area contributed by atoms with Crippen molar-refractivity contribution in [1.82, 2.24) is 0 Å². The predicted octanol–water partition coefficient (Wildman–Crippen LogP) is 4.44. The van der Waals surface area contributed by atoms with Gasteiger partial charge in [0, 0.05) is 17.4 Å². The van der Waals surface area contributed by atoms with Gasteiger partial charge >= 0.3 is 0 Å². The van der Waals surface area contributed by atoms with Gasteiger partial charge in [-0.2, -0.15) is 0 Å². The Labute approximate surface area is 129 Å². The highest BCUT2D eigenvalue weighted by molar-refractivity contribution is 5.97. The molecule has 2 aromatic carbocycles. The van der Waals surface area contributed by atoms with E-state index < -0.39 is 6.10 Å². The number of rotatable bonds is 5. The molecule has 0 aliphatic rings. The summed E-state index contributed by atoms with van der Waals surface area (Å²) in [6.07, 6.45) is 1.72. The lowest BCUT2D eigenvalue weighted by Crippen LogP contribution is -2.05. The average molecular weight is 294 g/mol. The number of aliphatic hydroxyl groups excluding tert-OH is 1. The molecule has 1 N–H and O–H groups in total. The first kappa shape index (κ1) is 14.5. The third-order valence-corrected chi connectivity index (χ3v) is 3.95. The Hall–Kier alpha value is -2.39. The number of Topliss-reactive ketones (excluding diaryl/α,β-unsaturated/α-hetero) is 1. The summed E-state index contributed by atoms with van der Waals surface area (Å²) < 4.78 is 5.29. The molecular weight excluding hydrogens is 276 g/mol. The van der Waals surface area contributed by atoms with E-state index in [2.05, 4.69) is 0 Å². The van der Waals surface area contributed by atoms with Gasteiger partial charge in [0.1, 0.15) is 5.58 Å². The summed E-state index contributed by atoms with van der Waals surface area (Å²) in [5, 5.41) is 11.3. The van der Waals surface area contributed by atoms with Gasteiger partial charge < -0.3 is 9.52 Å². The molecule has 0 fully saturated rings. The van der Waals surface area contributed by atoms with Crippen molar-refractivity contribution in [2.24, 2.45) is 0 Å². The minimum atomic E-state index is -0.646. The second kappa shape index (κ2) is 6.16. The minimum absolute atomic E-state index is 0.0709. The summed E-state index contributed by atoms with van der Waals surface area (Å²) in [4.78, 5) is 12.2. The SMILES string of the molecule is Cc1ccccc1C(=O)CCC(O)c1ccc2occc2c1. The van der Waals surface area contributed by atoms with Crippen LogP contribution in [0.5, 0.6) is 0 Å². The minimum Gasteiger partial charge on any atom is -0.464 e. The van der Waals surface area contributed by atoms with Crippen LogP contribution >= 0.6 is 0 Å². The van der Waals surface area contributed by atoms with E-state index in [4.69, 9.17) is 4.42 Å². The largest absolute Gasteiger partial charge is 0.464 e. The molecule has 1 atom stereocenters. The lowest BCUT2D eigenvalue weighted by atomic mass is 9.97. The fraction of sp³-hybridized carbons (Fsp3) is 0.211. The van der Waals surface area contributed by atoms with Crippen molar-refractivity contribution >= 4 is 16.8 Å². The molecule has 0 saturated heterocycles. The lowest BCUT2D eigenvalue weighted by molar-refractivity contribution is 0.0940. The van der Waals surface area contributed by atoms with E-state index in [-0.39, 0.29) is 5.78 Å². The lowest BCUT2D eigenvalue weighted by Gasteiger charge is -2.11. The molecule has 1 aromatic heterocycles. The first-order chi connectivity index (χ1) is 10.6. The molecular formula is C19H18O3. The molecule has 1 heterocycles. The molecule has 3 rings (SSSR count). The standard InChI is InChI=1S/C19H18O3/c1-13-4-2-3-5-16(13)18(21)8-7-17(20)14-6-9-19-15(12-14)10-11-22-19/h2-6,9-12,17,20H,7-8H2,1H3. The van der Waals surface area contributed by atoms with Gasteiger partial charge in [0.25, 0.3) is 0 Å². The van der Waals surface area contributed by atoms with Crippen LogP contribution in [-0.2, 0) is 0 Å². The molecule has 0 aliphatic carbocycles. The van der Waals surface area contributed by atoms with E-state index in [1.54, 1.807) is 6.26 Å². The van der Waals surface area contributed by atoms with E-state index in [0.29, 0.717) is 12.8 Å². The van der Waals surface area contributed by atoms with Crippen LogP contribution in [0.1, 0.15) is 40.4 Å². The van der Waals surface area contributed by atoms with Crippen LogP contribution in [0.4, 0.5) is 0 Å². The van der Waals surface area contributed by atoms with E-state index >= 15 is 0 Å². The van der Waals surface area contributed by atoms with Crippen LogP contribution < -0.4 is 0 Å². The van der Waals surface area contributed by atoms with Gasteiger partial charge in [-0.1, -0.05) is 30.3 Å². The van der Waals surface area contributed by atoms with Crippen molar-refractivity contribution in [3.63, 3.8) is 0 Å². The second-order valence-electron chi connectivity index (χ2n) is 5.51. The van der Waals surface area contributed by atoms with Gasteiger partial charge in [-0.3, -0.25) is 4.79 Å². The Morgan fingerprint density at radius 1 is 1.18 bits per heavy atom. The second-order valence-corrected chi connectivity index (χ2v) is 5.51. The fourth-order valence-electron chi connectivity index (χ4n) is 2.65. The maximum Gasteiger partial charge on any atom is 0.163 e. The number of hydrogen-bond acceptors (Lipinski definition) is 3.